The van der Waals surface area contributed by atoms with E-state index in [0.29, 0.717) is 10.0 Å². The molecule has 0 fully saturated rings. The molecule has 1 aromatic carbocycles. The fraction of sp³-hybridized carbons (Fsp3) is 0.357. The van der Waals surface area contributed by atoms with Crippen LogP contribution in [0.1, 0.15) is 25.5 Å². The SMILES string of the molecule is CCNc1nnc(SCC(=O)N[C@@H](C)c2ccc(Cl)cc2Cl)s1. The van der Waals surface area contributed by atoms with Crippen LogP contribution in [0.2, 0.25) is 10.0 Å². The smallest absolute Gasteiger partial charge is 0.230 e. The van der Waals surface area contributed by atoms with Crippen molar-refractivity contribution in [2.24, 2.45) is 0 Å². The molecule has 0 spiro atoms. The van der Waals surface area contributed by atoms with Crippen LogP contribution in [0.4, 0.5) is 5.13 Å². The zero-order valence-electron chi connectivity index (χ0n) is 12.6. The van der Waals surface area contributed by atoms with Gasteiger partial charge in [0.1, 0.15) is 0 Å². The second-order valence-electron chi connectivity index (χ2n) is 4.65. The van der Waals surface area contributed by atoms with E-state index in [1.54, 1.807) is 12.1 Å². The standard InChI is InChI=1S/C14H16Cl2N4OS2/c1-3-17-13-19-20-14(23-13)22-7-12(21)18-8(2)10-5-4-9(15)6-11(10)16/h4-6,8H,3,7H2,1-2H3,(H,17,19)(H,18,21)/t8-/m0/s1. The Morgan fingerprint density at radius 2 is 2.17 bits per heavy atom. The molecule has 2 rings (SSSR count). The van der Waals surface area contributed by atoms with E-state index >= 15 is 0 Å². The molecule has 9 heteroatoms. The number of halogens is 2. The van der Waals surface area contributed by atoms with Gasteiger partial charge in [-0.25, -0.2) is 0 Å². The van der Waals surface area contributed by atoms with Crippen LogP contribution in [-0.4, -0.2) is 28.4 Å². The monoisotopic (exact) mass is 390 g/mol. The van der Waals surface area contributed by atoms with E-state index in [0.717, 1.165) is 21.6 Å². The minimum Gasteiger partial charge on any atom is -0.360 e. The average molecular weight is 391 g/mol. The second kappa shape index (κ2) is 8.73. The van der Waals surface area contributed by atoms with Gasteiger partial charge in [0.2, 0.25) is 11.0 Å². The quantitative estimate of drug-likeness (QED) is 0.691. The van der Waals surface area contributed by atoms with Crippen molar-refractivity contribution >= 4 is 57.3 Å². The highest BCUT2D eigenvalue weighted by Gasteiger charge is 2.14. The predicted molar refractivity (Wildman–Crippen MR) is 97.8 cm³/mol. The number of hydrogen-bond donors (Lipinski definition) is 2. The molecule has 0 bridgehead atoms. The van der Waals surface area contributed by atoms with Crippen LogP contribution >= 0.6 is 46.3 Å². The third-order valence-corrected chi connectivity index (χ3v) is 5.44. The number of thioether (sulfide) groups is 1. The van der Waals surface area contributed by atoms with Crippen molar-refractivity contribution in [1.82, 2.24) is 15.5 Å². The summed E-state index contributed by atoms with van der Waals surface area (Å²) in [6.07, 6.45) is 0. The maximum Gasteiger partial charge on any atom is 0.230 e. The Hall–Kier alpha value is -1.02. The molecule has 1 heterocycles. The minimum atomic E-state index is -0.195. The lowest BCUT2D eigenvalue weighted by molar-refractivity contribution is -0.119. The molecule has 124 valence electrons. The molecule has 5 nitrogen and oxygen atoms in total. The molecule has 0 aliphatic rings. The molecule has 1 amide bonds. The predicted octanol–water partition coefficient (Wildman–Crippen LogP) is 4.25. The first-order valence-electron chi connectivity index (χ1n) is 6.94. The maximum atomic E-state index is 12.1. The average Bonchev–Trinajstić information content (AvgIpc) is 2.93. The number of anilines is 1. The van der Waals surface area contributed by atoms with Gasteiger partial charge in [0.25, 0.3) is 0 Å². The van der Waals surface area contributed by atoms with Gasteiger partial charge in [-0.3, -0.25) is 4.79 Å². The number of nitrogens with zero attached hydrogens (tertiary/aromatic N) is 2. The second-order valence-corrected chi connectivity index (χ2v) is 7.69. The minimum absolute atomic E-state index is 0.0892. The van der Waals surface area contributed by atoms with Crippen molar-refractivity contribution in [3.05, 3.63) is 33.8 Å². The lowest BCUT2D eigenvalue weighted by Gasteiger charge is -2.15. The van der Waals surface area contributed by atoms with E-state index in [1.165, 1.54) is 23.1 Å². The van der Waals surface area contributed by atoms with Crippen molar-refractivity contribution in [2.45, 2.75) is 24.2 Å². The Bertz CT molecular complexity index is 681. The van der Waals surface area contributed by atoms with Gasteiger partial charge in [-0.2, -0.15) is 0 Å². The lowest BCUT2D eigenvalue weighted by atomic mass is 10.1. The molecule has 0 radical (unpaired) electrons. The van der Waals surface area contributed by atoms with Crippen molar-refractivity contribution < 1.29 is 4.79 Å². The normalized spacial score (nSPS) is 12.0. The third-order valence-electron chi connectivity index (χ3n) is 2.87. The molecule has 2 aromatic rings. The van der Waals surface area contributed by atoms with E-state index < -0.39 is 0 Å². The number of rotatable bonds is 7. The maximum absolute atomic E-state index is 12.1. The van der Waals surface area contributed by atoms with E-state index in [4.69, 9.17) is 23.2 Å². The van der Waals surface area contributed by atoms with Crippen LogP contribution in [0.15, 0.2) is 22.5 Å². The van der Waals surface area contributed by atoms with Crippen molar-refractivity contribution in [2.75, 3.05) is 17.6 Å². The number of nitrogens with one attached hydrogen (secondary N) is 2. The zero-order valence-corrected chi connectivity index (χ0v) is 15.7. The molecule has 0 saturated carbocycles. The summed E-state index contributed by atoms with van der Waals surface area (Å²) in [5.74, 6) is 0.185. The summed E-state index contributed by atoms with van der Waals surface area (Å²) in [6.45, 7) is 4.66. The van der Waals surface area contributed by atoms with Crippen LogP contribution < -0.4 is 10.6 Å². The summed E-state index contributed by atoms with van der Waals surface area (Å²) in [5, 5.41) is 15.9. The van der Waals surface area contributed by atoms with Gasteiger partial charge in [-0.15, -0.1) is 10.2 Å². The van der Waals surface area contributed by atoms with Gasteiger partial charge in [-0.1, -0.05) is 52.4 Å². The highest BCUT2D eigenvalue weighted by Crippen LogP contribution is 2.27. The Balaban J connectivity index is 1.86. The van der Waals surface area contributed by atoms with Crippen LogP contribution in [0.3, 0.4) is 0 Å². The molecule has 0 aliphatic heterocycles. The van der Waals surface area contributed by atoms with E-state index in [2.05, 4.69) is 20.8 Å². The molecule has 0 saturated heterocycles. The summed E-state index contributed by atoms with van der Waals surface area (Å²) in [5.41, 5.74) is 0.833. The number of carbonyl (C=O) groups is 1. The van der Waals surface area contributed by atoms with Gasteiger partial charge >= 0.3 is 0 Å². The Morgan fingerprint density at radius 3 is 2.87 bits per heavy atom. The number of aromatic nitrogens is 2. The van der Waals surface area contributed by atoms with Crippen molar-refractivity contribution in [3.8, 4) is 0 Å². The van der Waals surface area contributed by atoms with Gasteiger partial charge < -0.3 is 10.6 Å². The van der Waals surface area contributed by atoms with E-state index in [9.17, 15) is 4.79 Å². The summed E-state index contributed by atoms with van der Waals surface area (Å²) in [6, 6.07) is 5.04. The van der Waals surface area contributed by atoms with E-state index in [-0.39, 0.29) is 17.7 Å². The molecule has 0 aliphatic carbocycles. The fourth-order valence-electron chi connectivity index (χ4n) is 1.83. The number of benzene rings is 1. The summed E-state index contributed by atoms with van der Waals surface area (Å²) < 4.78 is 0.758. The summed E-state index contributed by atoms with van der Waals surface area (Å²) >= 11 is 14.8. The topological polar surface area (TPSA) is 66.9 Å². The number of amides is 1. The summed E-state index contributed by atoms with van der Waals surface area (Å²) in [7, 11) is 0. The van der Waals surface area contributed by atoms with Crippen LogP contribution in [0.25, 0.3) is 0 Å². The molecule has 0 unspecified atom stereocenters. The molecule has 23 heavy (non-hydrogen) atoms. The van der Waals surface area contributed by atoms with Crippen LogP contribution in [0.5, 0.6) is 0 Å². The Kier molecular flexibility index (Phi) is 6.95. The van der Waals surface area contributed by atoms with Crippen molar-refractivity contribution in [1.29, 1.82) is 0 Å². The first-order valence-corrected chi connectivity index (χ1v) is 9.50. The molecule has 2 N–H and O–H groups in total. The highest BCUT2D eigenvalue weighted by molar-refractivity contribution is 8.01. The Labute approximate surface area is 153 Å². The van der Waals surface area contributed by atoms with Gasteiger partial charge in [0, 0.05) is 16.6 Å². The van der Waals surface area contributed by atoms with Crippen LogP contribution in [-0.2, 0) is 4.79 Å². The highest BCUT2D eigenvalue weighted by atomic mass is 35.5. The van der Waals surface area contributed by atoms with Crippen molar-refractivity contribution in [3.63, 3.8) is 0 Å². The third kappa shape index (κ3) is 5.53. The fourth-order valence-corrected chi connectivity index (χ4v) is 4.03. The Morgan fingerprint density at radius 1 is 1.39 bits per heavy atom. The molecule has 1 atom stereocenters. The largest absolute Gasteiger partial charge is 0.360 e. The number of carbonyl (C=O) groups excluding carboxylic acids is 1. The molecule has 1 aromatic heterocycles. The van der Waals surface area contributed by atoms with Gasteiger partial charge in [0.05, 0.1) is 11.8 Å². The first kappa shape index (κ1) is 18.3. The van der Waals surface area contributed by atoms with Gasteiger partial charge in [-0.05, 0) is 31.5 Å². The van der Waals surface area contributed by atoms with Crippen LogP contribution in [0, 0.1) is 0 Å². The van der Waals surface area contributed by atoms with E-state index in [1.807, 2.05) is 19.9 Å². The summed E-state index contributed by atoms with van der Waals surface area (Å²) in [4.78, 5) is 12.1. The van der Waals surface area contributed by atoms with Gasteiger partial charge in [0.15, 0.2) is 4.34 Å². The first-order chi connectivity index (χ1) is 11.0. The lowest BCUT2D eigenvalue weighted by Crippen LogP contribution is -2.28. The molecular formula is C14H16Cl2N4OS2. The molecular weight excluding hydrogens is 375 g/mol. The zero-order chi connectivity index (χ0) is 16.8. The number of hydrogen-bond acceptors (Lipinski definition) is 6.